The predicted octanol–water partition coefficient (Wildman–Crippen LogP) is 6.84. The summed E-state index contributed by atoms with van der Waals surface area (Å²) >= 11 is 0. The van der Waals surface area contributed by atoms with Gasteiger partial charge in [0.1, 0.15) is 0 Å². The monoisotopic (exact) mass is 786 g/mol. The second kappa shape index (κ2) is 14.4. The first kappa shape index (κ1) is 45.1. The molecule has 4 radical (unpaired) electrons. The van der Waals surface area contributed by atoms with Crippen molar-refractivity contribution < 1.29 is 20.8 Å². The molecule has 0 spiro atoms. The maximum Gasteiger partial charge on any atom is 0.244 e. The van der Waals surface area contributed by atoms with Gasteiger partial charge in [0.2, 0.25) is 17.8 Å². The molecule has 4 saturated heterocycles. The molecule has 5 heterocycles. The Kier molecular flexibility index (Phi) is 11.6. The Balaban J connectivity index is 1.77. The first-order valence-corrected chi connectivity index (χ1v) is 20.8. The first-order valence-electron chi connectivity index (χ1n) is 20.8. The number of hydrogen-bond acceptors (Lipinski definition) is 11. The molecule has 15 nitrogen and oxygen atoms in total. The zero-order valence-electron chi connectivity index (χ0n) is 38.1. The topological polar surface area (TPSA) is 153 Å². The highest BCUT2D eigenvalue weighted by Gasteiger charge is 2.56. The van der Waals surface area contributed by atoms with Crippen molar-refractivity contribution in [3.8, 4) is 0 Å². The lowest BCUT2D eigenvalue weighted by Crippen LogP contribution is -2.68. The summed E-state index contributed by atoms with van der Waals surface area (Å²) in [5.74, 6) is 1.37. The van der Waals surface area contributed by atoms with E-state index in [0.717, 1.165) is 0 Å². The van der Waals surface area contributed by atoms with Gasteiger partial charge in [-0.2, -0.15) is 15.0 Å². The summed E-state index contributed by atoms with van der Waals surface area (Å²) < 4.78 is 0. The fourth-order valence-electron chi connectivity index (χ4n) is 11.7. The van der Waals surface area contributed by atoms with E-state index in [0.29, 0.717) is 69.2 Å². The summed E-state index contributed by atoms with van der Waals surface area (Å²) in [4.78, 5) is 20.5. The fourth-order valence-corrected chi connectivity index (χ4v) is 11.7. The van der Waals surface area contributed by atoms with Crippen LogP contribution in [0.2, 0.25) is 0 Å². The Morgan fingerprint density at radius 1 is 0.411 bits per heavy atom. The number of hydrazine groups is 1. The number of anilines is 3. The van der Waals surface area contributed by atoms with E-state index in [2.05, 4.69) is 15.2 Å². The van der Waals surface area contributed by atoms with Crippen LogP contribution in [0.15, 0.2) is 0 Å². The normalized spacial score (nSPS) is 28.7. The van der Waals surface area contributed by atoms with Crippen molar-refractivity contribution >= 4 is 17.8 Å². The number of hydroxylamine groups is 8. The number of rotatable bonds is 8. The summed E-state index contributed by atoms with van der Waals surface area (Å²) in [6.45, 7) is 32.2. The van der Waals surface area contributed by atoms with Crippen LogP contribution < -0.4 is 15.2 Å². The zero-order chi connectivity index (χ0) is 42.6. The molecule has 4 aliphatic rings. The van der Waals surface area contributed by atoms with Gasteiger partial charge in [-0.1, -0.05) is 0 Å². The largest absolute Gasteiger partial charge is 0.334 e. The van der Waals surface area contributed by atoms with Crippen LogP contribution >= 0.6 is 0 Å². The number of aromatic nitrogens is 3. The number of nitrogens with zero attached hydrogens (tertiary/aromatic N) is 10. The molecule has 0 unspecified atom stereocenters. The highest BCUT2D eigenvalue weighted by atomic mass is 16.5. The Labute approximate surface area is 338 Å². The lowest BCUT2D eigenvalue weighted by atomic mass is 9.74. The predicted molar refractivity (Wildman–Crippen MR) is 217 cm³/mol. The van der Waals surface area contributed by atoms with Crippen molar-refractivity contribution in [2.45, 2.75) is 231 Å². The van der Waals surface area contributed by atoms with Crippen LogP contribution in [0.1, 0.15) is 162 Å². The summed E-state index contributed by atoms with van der Waals surface area (Å²) in [5.41, 5.74) is -2.03. The molecule has 318 valence electrons. The van der Waals surface area contributed by atoms with Gasteiger partial charge in [-0.05, 0) is 162 Å². The summed E-state index contributed by atoms with van der Waals surface area (Å²) in [7, 11) is 3.79. The fraction of sp³-hybridized carbons (Fsp3) is 0.927. The third-order valence-electron chi connectivity index (χ3n) is 13.3. The van der Waals surface area contributed by atoms with Crippen LogP contribution in [-0.2, 0) is 20.8 Å². The summed E-state index contributed by atoms with van der Waals surface area (Å²) in [6.07, 6.45) is 4.62. The van der Waals surface area contributed by atoms with Gasteiger partial charge in [0.15, 0.2) is 0 Å². The summed E-state index contributed by atoms with van der Waals surface area (Å²) in [5, 5.41) is 61.8. The average molecular weight is 786 g/mol. The second-order valence-electron chi connectivity index (χ2n) is 23.0. The molecule has 1 N–H and O–H groups in total. The maximum absolute atomic E-state index is 13.8. The molecule has 0 aromatic carbocycles. The van der Waals surface area contributed by atoms with E-state index in [4.69, 9.17) is 15.0 Å². The van der Waals surface area contributed by atoms with E-state index in [1.54, 1.807) is 0 Å². The van der Waals surface area contributed by atoms with Gasteiger partial charge in [0.25, 0.3) is 0 Å². The molecule has 4 fully saturated rings. The average Bonchev–Trinajstić information content (AvgIpc) is 2.99. The minimum atomic E-state index is -0.672. The molecule has 0 atom stereocenters. The molecular weight excluding hydrogens is 711 g/mol. The first-order chi connectivity index (χ1) is 25.1. The van der Waals surface area contributed by atoms with Crippen molar-refractivity contribution in [3.05, 3.63) is 0 Å². The molecule has 0 bridgehead atoms. The quantitative estimate of drug-likeness (QED) is 0.276. The van der Waals surface area contributed by atoms with E-state index >= 15 is 0 Å². The van der Waals surface area contributed by atoms with Gasteiger partial charge in [-0.25, -0.2) is 5.01 Å². The molecule has 1 aromatic heterocycles. The van der Waals surface area contributed by atoms with E-state index in [1.165, 1.54) is 20.3 Å². The molecule has 56 heavy (non-hydrogen) atoms. The van der Waals surface area contributed by atoms with Crippen LogP contribution in [0.4, 0.5) is 17.8 Å². The Hall–Kier alpha value is -1.95. The Morgan fingerprint density at radius 3 is 0.786 bits per heavy atom. The molecule has 4 aliphatic heterocycles. The molecule has 0 aliphatic carbocycles. The van der Waals surface area contributed by atoms with Crippen molar-refractivity contribution in [1.82, 2.24) is 40.2 Å². The smallest absolute Gasteiger partial charge is 0.244 e. The lowest BCUT2D eigenvalue weighted by Gasteiger charge is -2.57. The lowest BCUT2D eigenvalue weighted by molar-refractivity contribution is -0.294. The van der Waals surface area contributed by atoms with Gasteiger partial charge in [0, 0.05) is 82.6 Å². The highest BCUT2D eigenvalue weighted by Crippen LogP contribution is 2.48. The van der Waals surface area contributed by atoms with E-state index in [9.17, 15) is 20.8 Å². The maximum atomic E-state index is 13.8. The minimum Gasteiger partial charge on any atom is -0.334 e. The summed E-state index contributed by atoms with van der Waals surface area (Å²) in [6, 6.07) is -0.504. The SMILES string of the molecule is CN(C)Nc1nc(N(C2CC(C)(C)N([O])C(C)(C)C2)C2CC(C)(C)N([O])C(C)(C)C2)nc(N(C2CC(C)(C)N([O])C(C)(C)C2)C2CC(C)(C)N([O])C(C)(C)C2)n1. The van der Waals surface area contributed by atoms with Crippen molar-refractivity contribution in [1.29, 1.82) is 0 Å². The van der Waals surface area contributed by atoms with Gasteiger partial charge in [-0.15, -0.1) is 41.1 Å². The van der Waals surface area contributed by atoms with Crippen LogP contribution in [0.5, 0.6) is 0 Å². The second-order valence-corrected chi connectivity index (χ2v) is 23.0. The third-order valence-corrected chi connectivity index (χ3v) is 13.3. The Bertz CT molecular complexity index is 1320. The van der Waals surface area contributed by atoms with Gasteiger partial charge in [0.05, 0.1) is 0 Å². The minimum absolute atomic E-state index is 0.126. The van der Waals surface area contributed by atoms with Crippen LogP contribution in [-0.4, -0.2) is 123 Å². The number of hydrogen-bond donors (Lipinski definition) is 1. The molecule has 0 amide bonds. The third kappa shape index (κ3) is 8.54. The number of piperidine rings is 4. The standard InChI is InChI=1S/C41H75N11O4/c1-34(2)19-27(20-35(3,4)49(34)53)47(28-21-36(5,6)50(54)37(7,8)22-28)32-42-31(45-46(17)18)43-33(44-32)48(29-23-38(9,10)51(55)39(11,12)24-29)30-25-40(13,14)52(56)41(15,16)26-30/h27-30H,19-26H2,1-18H3,(H,42,43,44,45). The molecular formula is C41H75N11O4. The van der Waals surface area contributed by atoms with E-state index in [1.807, 2.05) is 130 Å². The van der Waals surface area contributed by atoms with Crippen LogP contribution in [0, 0.1) is 0 Å². The Morgan fingerprint density at radius 2 is 0.607 bits per heavy atom. The number of nitrogens with one attached hydrogen (secondary N) is 1. The zero-order valence-corrected chi connectivity index (χ0v) is 38.1. The van der Waals surface area contributed by atoms with Crippen LogP contribution in [0.3, 0.4) is 0 Å². The van der Waals surface area contributed by atoms with Gasteiger partial charge >= 0.3 is 0 Å². The van der Waals surface area contributed by atoms with Crippen molar-refractivity contribution in [2.75, 3.05) is 29.3 Å². The van der Waals surface area contributed by atoms with Crippen molar-refractivity contribution in [3.63, 3.8) is 0 Å². The molecule has 0 saturated carbocycles. The molecule has 5 rings (SSSR count). The van der Waals surface area contributed by atoms with Gasteiger partial charge in [-0.3, -0.25) is 5.43 Å². The molecule has 15 heteroatoms. The van der Waals surface area contributed by atoms with E-state index < -0.39 is 44.3 Å². The van der Waals surface area contributed by atoms with Gasteiger partial charge < -0.3 is 9.80 Å². The highest BCUT2D eigenvalue weighted by molar-refractivity contribution is 5.49. The van der Waals surface area contributed by atoms with Crippen LogP contribution in [0.25, 0.3) is 0 Å². The van der Waals surface area contributed by atoms with E-state index in [-0.39, 0.29) is 24.2 Å². The molecule has 1 aromatic rings. The van der Waals surface area contributed by atoms with Crippen molar-refractivity contribution in [2.24, 2.45) is 0 Å².